The Morgan fingerprint density at radius 3 is 2.40 bits per heavy atom. The summed E-state index contributed by atoms with van der Waals surface area (Å²) in [5.41, 5.74) is 1.10. The molecule has 1 aromatic heterocycles. The minimum Gasteiger partial charge on any atom is -0.478 e. The number of pyridine rings is 1. The smallest absolute Gasteiger partial charge is 0.339 e. The molecule has 112 valence electrons. The molecule has 4 heteroatoms. The van der Waals surface area contributed by atoms with Gasteiger partial charge in [-0.05, 0) is 37.3 Å². The minimum atomic E-state index is -0.898. The van der Waals surface area contributed by atoms with E-state index in [4.69, 9.17) is 0 Å². The first-order chi connectivity index (χ1) is 9.42. The van der Waals surface area contributed by atoms with Crippen molar-refractivity contribution in [2.45, 2.75) is 53.5 Å². The van der Waals surface area contributed by atoms with Crippen LogP contribution in [0.5, 0.6) is 0 Å². The number of aromatic carboxylic acids is 1. The van der Waals surface area contributed by atoms with Gasteiger partial charge in [-0.15, -0.1) is 0 Å². The van der Waals surface area contributed by atoms with E-state index >= 15 is 0 Å². The number of rotatable bonds is 7. The van der Waals surface area contributed by atoms with E-state index in [0.717, 1.165) is 24.9 Å². The summed E-state index contributed by atoms with van der Waals surface area (Å²) in [4.78, 5) is 18.1. The molecule has 0 aliphatic carbocycles. The van der Waals surface area contributed by atoms with E-state index in [9.17, 15) is 9.90 Å². The average Bonchev–Trinajstić information content (AvgIpc) is 2.37. The van der Waals surface area contributed by atoms with Gasteiger partial charge in [-0.2, -0.15) is 0 Å². The highest BCUT2D eigenvalue weighted by atomic mass is 16.4. The summed E-state index contributed by atoms with van der Waals surface area (Å²) in [6, 6.07) is 2.08. The fourth-order valence-corrected chi connectivity index (χ4v) is 2.56. The van der Waals surface area contributed by atoms with Crippen molar-refractivity contribution in [2.24, 2.45) is 5.92 Å². The lowest BCUT2D eigenvalue weighted by Crippen LogP contribution is -2.39. The second kappa shape index (κ2) is 7.27. The van der Waals surface area contributed by atoms with Gasteiger partial charge < -0.3 is 10.0 Å². The van der Waals surface area contributed by atoms with Crippen molar-refractivity contribution in [3.8, 4) is 0 Å². The van der Waals surface area contributed by atoms with Crippen LogP contribution in [0.15, 0.2) is 12.3 Å². The van der Waals surface area contributed by atoms with Gasteiger partial charge in [0.1, 0.15) is 11.4 Å². The lowest BCUT2D eigenvalue weighted by Gasteiger charge is -2.34. The Balaban J connectivity index is 3.33. The number of carboxylic acids is 1. The predicted octanol–water partition coefficient (Wildman–Crippen LogP) is 3.74. The Morgan fingerprint density at radius 2 is 1.95 bits per heavy atom. The van der Waals surface area contributed by atoms with Crippen molar-refractivity contribution in [1.29, 1.82) is 0 Å². The second-order valence-electron chi connectivity index (χ2n) is 5.65. The molecule has 1 N–H and O–H groups in total. The van der Waals surface area contributed by atoms with E-state index < -0.39 is 5.97 Å². The van der Waals surface area contributed by atoms with Crippen molar-refractivity contribution >= 4 is 11.8 Å². The van der Waals surface area contributed by atoms with Gasteiger partial charge in [0, 0.05) is 18.8 Å². The molecule has 1 rings (SSSR count). The topological polar surface area (TPSA) is 53.4 Å². The third-order valence-electron chi connectivity index (χ3n) is 3.57. The van der Waals surface area contributed by atoms with Gasteiger partial charge in [0.25, 0.3) is 0 Å². The van der Waals surface area contributed by atoms with E-state index in [1.54, 1.807) is 12.3 Å². The predicted molar refractivity (Wildman–Crippen MR) is 82.5 cm³/mol. The van der Waals surface area contributed by atoms with E-state index in [-0.39, 0.29) is 0 Å². The zero-order valence-electron chi connectivity index (χ0n) is 13.2. The molecule has 4 nitrogen and oxygen atoms in total. The summed E-state index contributed by atoms with van der Waals surface area (Å²) < 4.78 is 0. The Morgan fingerprint density at radius 1 is 1.35 bits per heavy atom. The molecule has 0 radical (unpaired) electrons. The molecular weight excluding hydrogens is 252 g/mol. The summed E-state index contributed by atoms with van der Waals surface area (Å²) in [5, 5.41) is 9.49. The zero-order valence-corrected chi connectivity index (χ0v) is 13.2. The van der Waals surface area contributed by atoms with Crippen molar-refractivity contribution in [3.05, 3.63) is 23.4 Å². The van der Waals surface area contributed by atoms with Crippen molar-refractivity contribution < 1.29 is 9.90 Å². The number of hydrogen-bond donors (Lipinski definition) is 1. The SMILES string of the molecule is CCC(CC)N(CC(C)C)c1nccc(C)c1C(=O)O. The average molecular weight is 278 g/mol. The molecule has 1 aromatic rings. The summed E-state index contributed by atoms with van der Waals surface area (Å²) in [6.45, 7) is 11.2. The molecule has 0 unspecified atom stereocenters. The van der Waals surface area contributed by atoms with Crippen LogP contribution in [-0.2, 0) is 0 Å². The lowest BCUT2D eigenvalue weighted by molar-refractivity contribution is 0.0696. The molecule has 0 bridgehead atoms. The molecule has 0 fully saturated rings. The zero-order chi connectivity index (χ0) is 15.3. The number of aromatic nitrogens is 1. The fourth-order valence-electron chi connectivity index (χ4n) is 2.56. The summed E-state index contributed by atoms with van der Waals surface area (Å²) in [6.07, 6.45) is 3.67. The van der Waals surface area contributed by atoms with Crippen LogP contribution in [0.3, 0.4) is 0 Å². The van der Waals surface area contributed by atoms with E-state index in [1.165, 1.54) is 0 Å². The van der Waals surface area contributed by atoms with Crippen molar-refractivity contribution in [2.75, 3.05) is 11.4 Å². The second-order valence-corrected chi connectivity index (χ2v) is 5.65. The molecule has 0 amide bonds. The highest BCUT2D eigenvalue weighted by Gasteiger charge is 2.24. The van der Waals surface area contributed by atoms with E-state index in [0.29, 0.717) is 23.3 Å². The Hall–Kier alpha value is -1.58. The van der Waals surface area contributed by atoms with Gasteiger partial charge in [0.2, 0.25) is 0 Å². The Kier molecular flexibility index (Phi) is 5.99. The number of carbonyl (C=O) groups is 1. The molecule has 0 saturated carbocycles. The van der Waals surface area contributed by atoms with Crippen LogP contribution in [0.25, 0.3) is 0 Å². The van der Waals surface area contributed by atoms with Crippen LogP contribution in [0.4, 0.5) is 5.82 Å². The van der Waals surface area contributed by atoms with Crippen molar-refractivity contribution in [3.63, 3.8) is 0 Å². The molecule has 1 heterocycles. The standard InChI is InChI=1S/C16H26N2O2/c1-6-13(7-2)18(10-11(3)4)15-14(16(19)20)12(5)8-9-17-15/h8-9,11,13H,6-7,10H2,1-5H3,(H,19,20). The molecule has 0 aromatic carbocycles. The fraction of sp³-hybridized carbons (Fsp3) is 0.625. The molecule has 0 spiro atoms. The molecule has 0 aliphatic heterocycles. The number of carboxylic acid groups (broad SMARTS) is 1. The molecule has 20 heavy (non-hydrogen) atoms. The normalized spacial score (nSPS) is 11.2. The highest BCUT2D eigenvalue weighted by Crippen LogP contribution is 2.26. The Labute approximate surface area is 121 Å². The number of hydrogen-bond acceptors (Lipinski definition) is 3. The summed E-state index contributed by atoms with van der Waals surface area (Å²) in [7, 11) is 0. The largest absolute Gasteiger partial charge is 0.478 e. The lowest BCUT2D eigenvalue weighted by atomic mass is 10.0. The first kappa shape index (κ1) is 16.5. The van der Waals surface area contributed by atoms with Crippen LogP contribution < -0.4 is 4.90 Å². The third-order valence-corrected chi connectivity index (χ3v) is 3.57. The summed E-state index contributed by atoms with van der Waals surface area (Å²) >= 11 is 0. The monoisotopic (exact) mass is 278 g/mol. The maximum Gasteiger partial charge on any atom is 0.339 e. The van der Waals surface area contributed by atoms with Gasteiger partial charge in [0.05, 0.1) is 0 Å². The molecule has 0 atom stereocenters. The van der Waals surface area contributed by atoms with E-state index in [1.807, 2.05) is 6.92 Å². The maximum absolute atomic E-state index is 11.6. The van der Waals surface area contributed by atoms with Crippen LogP contribution in [0.2, 0.25) is 0 Å². The van der Waals surface area contributed by atoms with Gasteiger partial charge in [-0.3, -0.25) is 0 Å². The highest BCUT2D eigenvalue weighted by molar-refractivity contribution is 5.95. The molecular formula is C16H26N2O2. The van der Waals surface area contributed by atoms with Crippen LogP contribution in [0.1, 0.15) is 56.5 Å². The van der Waals surface area contributed by atoms with Crippen LogP contribution in [-0.4, -0.2) is 28.6 Å². The van der Waals surface area contributed by atoms with Gasteiger partial charge >= 0.3 is 5.97 Å². The van der Waals surface area contributed by atoms with E-state index in [2.05, 4.69) is 37.6 Å². The van der Waals surface area contributed by atoms with Gasteiger partial charge in [-0.25, -0.2) is 9.78 Å². The van der Waals surface area contributed by atoms with Crippen LogP contribution >= 0.6 is 0 Å². The first-order valence-corrected chi connectivity index (χ1v) is 7.37. The van der Waals surface area contributed by atoms with Gasteiger partial charge in [-0.1, -0.05) is 27.7 Å². The van der Waals surface area contributed by atoms with Crippen molar-refractivity contribution in [1.82, 2.24) is 4.98 Å². The first-order valence-electron chi connectivity index (χ1n) is 7.37. The Bertz CT molecular complexity index is 454. The maximum atomic E-state index is 11.6. The summed E-state index contributed by atoms with van der Waals surface area (Å²) in [5.74, 6) is 0.171. The van der Waals surface area contributed by atoms with Gasteiger partial charge in [0.15, 0.2) is 0 Å². The number of aryl methyl sites for hydroxylation is 1. The molecule has 0 aliphatic rings. The third kappa shape index (κ3) is 3.71. The number of nitrogens with zero attached hydrogens (tertiary/aromatic N) is 2. The minimum absolute atomic E-state index is 0.324. The molecule has 0 saturated heterocycles. The van der Waals surface area contributed by atoms with Crippen LogP contribution in [0, 0.1) is 12.8 Å². The number of anilines is 1. The quantitative estimate of drug-likeness (QED) is 0.825.